The summed E-state index contributed by atoms with van der Waals surface area (Å²) in [5.74, 6) is -0.289. The summed E-state index contributed by atoms with van der Waals surface area (Å²) < 4.78 is 13.4. The quantitative estimate of drug-likeness (QED) is 0.662. The van der Waals surface area contributed by atoms with Gasteiger partial charge < -0.3 is 5.11 Å². The van der Waals surface area contributed by atoms with Crippen molar-refractivity contribution in [1.82, 2.24) is 0 Å². The lowest BCUT2D eigenvalue weighted by Crippen LogP contribution is -2.10. The van der Waals surface area contributed by atoms with Crippen molar-refractivity contribution >= 4 is 27.3 Å². The molecule has 0 fully saturated rings. The van der Waals surface area contributed by atoms with E-state index in [4.69, 9.17) is 0 Å². The third-order valence-corrected chi connectivity index (χ3v) is 3.61. The molecule has 2 aromatic carbocycles. The van der Waals surface area contributed by atoms with Crippen LogP contribution in [0.1, 0.15) is 26.3 Å². The number of hydrogen-bond donors (Lipinski definition) is 1. The fraction of sp³-hybridized carbons (Fsp3) is 0.250. The van der Waals surface area contributed by atoms with Crippen LogP contribution >= 0.6 is 15.9 Å². The molecule has 0 spiro atoms. The third-order valence-electron chi connectivity index (χ3n) is 3.01. The van der Waals surface area contributed by atoms with Crippen LogP contribution in [-0.2, 0) is 5.41 Å². The van der Waals surface area contributed by atoms with E-state index in [1.807, 2.05) is 6.07 Å². The van der Waals surface area contributed by atoms with Gasteiger partial charge in [0.25, 0.3) is 0 Å². The minimum atomic E-state index is -0.325. The first kappa shape index (κ1) is 15.6. The normalized spacial score (nSPS) is 12.0. The summed E-state index contributed by atoms with van der Waals surface area (Å²) in [7, 11) is 0. The standard InChI is InChI=1S/C16H16BrFN2O/c1-16(2,3)10-8-13(17)15(21)14(9-10)20-19-12-6-4-11(18)5-7-12/h4-9,21H,1-3H3. The van der Waals surface area contributed by atoms with E-state index < -0.39 is 0 Å². The van der Waals surface area contributed by atoms with Crippen LogP contribution in [-0.4, -0.2) is 5.11 Å². The van der Waals surface area contributed by atoms with Crippen molar-refractivity contribution in [3.63, 3.8) is 0 Å². The number of azo groups is 1. The van der Waals surface area contributed by atoms with Crippen LogP contribution in [0.4, 0.5) is 15.8 Å². The zero-order chi connectivity index (χ0) is 15.6. The fourth-order valence-electron chi connectivity index (χ4n) is 1.71. The highest BCUT2D eigenvalue weighted by Crippen LogP contribution is 2.39. The van der Waals surface area contributed by atoms with E-state index in [2.05, 4.69) is 46.9 Å². The first-order valence-corrected chi connectivity index (χ1v) is 7.27. The van der Waals surface area contributed by atoms with Gasteiger partial charge >= 0.3 is 0 Å². The highest BCUT2D eigenvalue weighted by Gasteiger charge is 2.17. The Labute approximate surface area is 131 Å². The lowest BCUT2D eigenvalue weighted by atomic mass is 9.87. The van der Waals surface area contributed by atoms with Gasteiger partial charge in [0, 0.05) is 0 Å². The van der Waals surface area contributed by atoms with Gasteiger partial charge in [-0.25, -0.2) is 4.39 Å². The molecule has 0 heterocycles. The van der Waals surface area contributed by atoms with E-state index in [0.29, 0.717) is 15.8 Å². The number of hydrogen-bond acceptors (Lipinski definition) is 3. The van der Waals surface area contributed by atoms with Gasteiger partial charge in [-0.05, 0) is 63.3 Å². The lowest BCUT2D eigenvalue weighted by molar-refractivity contribution is 0.471. The Morgan fingerprint density at radius 3 is 2.24 bits per heavy atom. The maximum atomic E-state index is 12.8. The molecule has 1 N–H and O–H groups in total. The van der Waals surface area contributed by atoms with Crippen molar-refractivity contribution in [3.8, 4) is 5.75 Å². The predicted molar refractivity (Wildman–Crippen MR) is 85.1 cm³/mol. The van der Waals surface area contributed by atoms with Crippen LogP contribution in [0.5, 0.6) is 5.75 Å². The van der Waals surface area contributed by atoms with E-state index in [1.54, 1.807) is 6.07 Å². The number of phenols is 1. The molecule has 0 aromatic heterocycles. The van der Waals surface area contributed by atoms with Crippen LogP contribution in [0.25, 0.3) is 0 Å². The second-order valence-corrected chi connectivity index (χ2v) is 6.61. The summed E-state index contributed by atoms with van der Waals surface area (Å²) in [6, 6.07) is 9.35. The number of nitrogens with zero attached hydrogens (tertiary/aromatic N) is 2. The van der Waals surface area contributed by atoms with Gasteiger partial charge in [-0.2, -0.15) is 5.11 Å². The molecule has 2 aromatic rings. The molecule has 0 bridgehead atoms. The Kier molecular flexibility index (Phi) is 4.42. The molecule has 0 aliphatic heterocycles. The SMILES string of the molecule is CC(C)(C)c1cc(Br)c(O)c(N=Nc2ccc(F)cc2)c1. The summed E-state index contributed by atoms with van der Waals surface area (Å²) in [4.78, 5) is 0. The molecule has 3 nitrogen and oxygen atoms in total. The Morgan fingerprint density at radius 1 is 1.05 bits per heavy atom. The maximum absolute atomic E-state index is 12.8. The predicted octanol–water partition coefficient (Wildman–Crippen LogP) is 6.01. The summed E-state index contributed by atoms with van der Waals surface area (Å²) in [6.07, 6.45) is 0. The summed E-state index contributed by atoms with van der Waals surface area (Å²) >= 11 is 3.32. The largest absolute Gasteiger partial charge is 0.505 e. The first-order chi connectivity index (χ1) is 9.77. The average molecular weight is 351 g/mol. The molecule has 2 rings (SSSR count). The molecule has 0 radical (unpaired) electrons. The second-order valence-electron chi connectivity index (χ2n) is 5.75. The van der Waals surface area contributed by atoms with Crippen molar-refractivity contribution in [1.29, 1.82) is 0 Å². The number of phenolic OH excluding ortho intramolecular Hbond substituents is 1. The van der Waals surface area contributed by atoms with Gasteiger partial charge in [0.2, 0.25) is 0 Å². The number of halogens is 2. The zero-order valence-electron chi connectivity index (χ0n) is 12.1. The highest BCUT2D eigenvalue weighted by molar-refractivity contribution is 9.10. The van der Waals surface area contributed by atoms with Crippen molar-refractivity contribution in [2.75, 3.05) is 0 Å². The van der Waals surface area contributed by atoms with Crippen LogP contribution in [0.15, 0.2) is 51.1 Å². The maximum Gasteiger partial charge on any atom is 0.157 e. The Balaban J connectivity index is 2.39. The molecule has 110 valence electrons. The average Bonchev–Trinajstić information content (AvgIpc) is 2.41. The Morgan fingerprint density at radius 2 is 1.67 bits per heavy atom. The highest BCUT2D eigenvalue weighted by atomic mass is 79.9. The molecule has 0 aliphatic carbocycles. The molecule has 21 heavy (non-hydrogen) atoms. The lowest BCUT2D eigenvalue weighted by Gasteiger charge is -2.20. The molecule has 0 amide bonds. The first-order valence-electron chi connectivity index (χ1n) is 6.47. The van der Waals surface area contributed by atoms with E-state index in [0.717, 1.165) is 5.56 Å². The number of rotatable bonds is 2. The zero-order valence-corrected chi connectivity index (χ0v) is 13.6. The number of aromatic hydroxyl groups is 1. The molecule has 0 atom stereocenters. The fourth-order valence-corrected chi connectivity index (χ4v) is 2.16. The van der Waals surface area contributed by atoms with Crippen LogP contribution in [0.2, 0.25) is 0 Å². The third kappa shape index (κ3) is 3.88. The Bertz CT molecular complexity index is 676. The van der Waals surface area contributed by atoms with Crippen LogP contribution in [0, 0.1) is 5.82 Å². The van der Waals surface area contributed by atoms with Crippen molar-refractivity contribution < 1.29 is 9.50 Å². The van der Waals surface area contributed by atoms with E-state index in [-0.39, 0.29) is 17.0 Å². The van der Waals surface area contributed by atoms with Gasteiger partial charge in [0.15, 0.2) is 5.75 Å². The van der Waals surface area contributed by atoms with Gasteiger partial charge in [0.05, 0.1) is 10.2 Å². The Hall–Kier alpha value is -1.75. The van der Waals surface area contributed by atoms with E-state index in [9.17, 15) is 9.50 Å². The van der Waals surface area contributed by atoms with Crippen LogP contribution < -0.4 is 0 Å². The molecular weight excluding hydrogens is 335 g/mol. The molecule has 5 heteroatoms. The second kappa shape index (κ2) is 5.93. The van der Waals surface area contributed by atoms with E-state index >= 15 is 0 Å². The molecule has 0 saturated heterocycles. The summed E-state index contributed by atoms with van der Waals surface area (Å²) in [6.45, 7) is 6.23. The van der Waals surface area contributed by atoms with Gasteiger partial charge in [0.1, 0.15) is 11.5 Å². The van der Waals surface area contributed by atoms with Crippen molar-refractivity contribution in [2.45, 2.75) is 26.2 Å². The number of benzene rings is 2. The van der Waals surface area contributed by atoms with Crippen LogP contribution in [0.3, 0.4) is 0 Å². The van der Waals surface area contributed by atoms with E-state index in [1.165, 1.54) is 24.3 Å². The van der Waals surface area contributed by atoms with Crippen molar-refractivity contribution in [3.05, 3.63) is 52.3 Å². The monoisotopic (exact) mass is 350 g/mol. The van der Waals surface area contributed by atoms with Gasteiger partial charge in [-0.1, -0.05) is 20.8 Å². The molecular formula is C16H16BrFN2O. The molecule has 0 saturated carbocycles. The molecule has 0 aliphatic rings. The summed E-state index contributed by atoms with van der Waals surface area (Å²) in [5.41, 5.74) is 1.85. The smallest absolute Gasteiger partial charge is 0.157 e. The molecule has 0 unspecified atom stereocenters. The minimum absolute atomic E-state index is 0.0360. The minimum Gasteiger partial charge on any atom is -0.505 e. The van der Waals surface area contributed by atoms with Gasteiger partial charge in [-0.3, -0.25) is 0 Å². The summed E-state index contributed by atoms with van der Waals surface area (Å²) in [5, 5.41) is 18.1. The van der Waals surface area contributed by atoms with Crippen molar-refractivity contribution in [2.24, 2.45) is 10.2 Å². The topological polar surface area (TPSA) is 45.0 Å². The van der Waals surface area contributed by atoms with Gasteiger partial charge in [-0.15, -0.1) is 5.11 Å².